The second kappa shape index (κ2) is 7.69. The molecule has 2 unspecified atom stereocenters. The summed E-state index contributed by atoms with van der Waals surface area (Å²) in [6, 6.07) is 8.03. The summed E-state index contributed by atoms with van der Waals surface area (Å²) in [6.45, 7) is 3.31. The first kappa shape index (κ1) is 16.2. The summed E-state index contributed by atoms with van der Waals surface area (Å²) in [5, 5.41) is 14.1. The molecule has 2 rings (SSSR count). The van der Waals surface area contributed by atoms with E-state index in [2.05, 4.69) is 24.4 Å². The number of halogens is 1. The third-order valence-electron chi connectivity index (χ3n) is 4.32. The fourth-order valence-corrected chi connectivity index (χ4v) is 4.36. The molecule has 0 aliphatic heterocycles. The zero-order chi connectivity index (χ0) is 14.4. The molecule has 0 aromatic heterocycles. The minimum absolute atomic E-state index is 0.0324. The van der Waals surface area contributed by atoms with Crippen LogP contribution in [0, 0.1) is 5.92 Å². The van der Waals surface area contributed by atoms with Gasteiger partial charge < -0.3 is 10.4 Å². The van der Waals surface area contributed by atoms with Gasteiger partial charge in [0.1, 0.15) is 0 Å². The van der Waals surface area contributed by atoms with Gasteiger partial charge in [-0.2, -0.15) is 0 Å². The molecule has 0 saturated heterocycles. The summed E-state index contributed by atoms with van der Waals surface area (Å²) < 4.78 is 0. The number of thioether (sulfide) groups is 1. The van der Waals surface area contributed by atoms with Gasteiger partial charge in [0.25, 0.3) is 0 Å². The summed E-state index contributed by atoms with van der Waals surface area (Å²) in [7, 11) is 0. The molecule has 0 radical (unpaired) electrons. The Bertz CT molecular complexity index is 411. The second-order valence-corrected chi connectivity index (χ2v) is 7.13. The fourth-order valence-electron chi connectivity index (χ4n) is 3.26. The lowest BCUT2D eigenvalue weighted by Crippen LogP contribution is -2.51. The Morgan fingerprint density at radius 3 is 2.80 bits per heavy atom. The molecule has 112 valence electrons. The predicted octanol–water partition coefficient (Wildman–Crippen LogP) is 3.96. The van der Waals surface area contributed by atoms with E-state index in [1.807, 2.05) is 23.9 Å². The van der Waals surface area contributed by atoms with Crippen molar-refractivity contribution in [3.05, 3.63) is 29.3 Å². The van der Waals surface area contributed by atoms with E-state index in [1.54, 1.807) is 0 Å². The highest BCUT2D eigenvalue weighted by molar-refractivity contribution is 7.99. The first-order valence-electron chi connectivity index (χ1n) is 7.44. The molecule has 2 nitrogen and oxygen atoms in total. The van der Waals surface area contributed by atoms with Crippen LogP contribution in [0.1, 0.15) is 32.6 Å². The van der Waals surface area contributed by atoms with Crippen LogP contribution in [0.25, 0.3) is 0 Å². The number of hydrogen-bond donors (Lipinski definition) is 2. The molecule has 0 spiro atoms. The third kappa shape index (κ3) is 3.91. The van der Waals surface area contributed by atoms with Gasteiger partial charge in [-0.3, -0.25) is 0 Å². The molecule has 1 saturated carbocycles. The van der Waals surface area contributed by atoms with Crippen LogP contribution in [-0.2, 0) is 0 Å². The van der Waals surface area contributed by atoms with Crippen molar-refractivity contribution in [2.75, 3.05) is 18.9 Å². The molecule has 20 heavy (non-hydrogen) atoms. The van der Waals surface area contributed by atoms with E-state index in [1.165, 1.54) is 17.7 Å². The van der Waals surface area contributed by atoms with Crippen LogP contribution < -0.4 is 5.32 Å². The molecule has 0 bridgehead atoms. The maximum Gasteiger partial charge on any atom is 0.0616 e. The van der Waals surface area contributed by atoms with Crippen molar-refractivity contribution in [2.24, 2.45) is 5.92 Å². The van der Waals surface area contributed by atoms with Crippen LogP contribution in [0.15, 0.2) is 29.2 Å². The smallest absolute Gasteiger partial charge is 0.0616 e. The average molecular weight is 314 g/mol. The van der Waals surface area contributed by atoms with Crippen molar-refractivity contribution in [1.82, 2.24) is 5.32 Å². The van der Waals surface area contributed by atoms with E-state index >= 15 is 0 Å². The lowest BCUT2D eigenvalue weighted by atomic mass is 9.86. The number of aliphatic hydroxyl groups is 1. The highest BCUT2D eigenvalue weighted by Crippen LogP contribution is 2.38. The molecular weight excluding hydrogens is 290 g/mol. The normalized spacial score (nSPS) is 26.1. The maximum atomic E-state index is 9.78. The number of aliphatic hydroxyl groups excluding tert-OH is 1. The first-order chi connectivity index (χ1) is 9.70. The van der Waals surface area contributed by atoms with Crippen LogP contribution in [0.2, 0.25) is 5.02 Å². The summed E-state index contributed by atoms with van der Waals surface area (Å²) in [4.78, 5) is 1.27. The van der Waals surface area contributed by atoms with Crippen LogP contribution in [0.4, 0.5) is 0 Å². The predicted molar refractivity (Wildman–Crippen MR) is 87.6 cm³/mol. The molecular formula is C16H24ClNOS. The van der Waals surface area contributed by atoms with Crippen molar-refractivity contribution >= 4 is 23.4 Å². The molecule has 2 N–H and O–H groups in total. The number of nitrogens with one attached hydrogen (secondary N) is 1. The maximum absolute atomic E-state index is 9.78. The molecule has 0 heterocycles. The Labute approximate surface area is 131 Å². The number of hydrogen-bond acceptors (Lipinski definition) is 3. The van der Waals surface area contributed by atoms with Crippen molar-refractivity contribution < 1.29 is 5.11 Å². The molecule has 0 amide bonds. The molecule has 4 heteroatoms. The molecule has 1 aromatic carbocycles. The average Bonchev–Trinajstić information content (AvgIpc) is 2.85. The highest BCUT2D eigenvalue weighted by Gasteiger charge is 2.41. The Morgan fingerprint density at radius 2 is 2.15 bits per heavy atom. The van der Waals surface area contributed by atoms with E-state index in [0.29, 0.717) is 5.92 Å². The van der Waals surface area contributed by atoms with Gasteiger partial charge in [0.2, 0.25) is 0 Å². The number of rotatable bonds is 7. The van der Waals surface area contributed by atoms with Crippen molar-refractivity contribution in [3.8, 4) is 0 Å². The van der Waals surface area contributed by atoms with Gasteiger partial charge in [0, 0.05) is 15.5 Å². The molecule has 1 fully saturated rings. The minimum Gasteiger partial charge on any atom is -0.394 e. The summed E-state index contributed by atoms with van der Waals surface area (Å²) in [6.07, 6.45) is 4.72. The topological polar surface area (TPSA) is 32.3 Å². The van der Waals surface area contributed by atoms with Gasteiger partial charge in [0.15, 0.2) is 0 Å². The summed E-state index contributed by atoms with van der Waals surface area (Å²) in [5.74, 6) is 1.69. The number of likely N-dealkylation sites (N-methyl/N-ethyl adjacent to an activating group) is 1. The largest absolute Gasteiger partial charge is 0.394 e. The Morgan fingerprint density at radius 1 is 1.40 bits per heavy atom. The standard InChI is InChI=1S/C16H24ClNOS/c1-2-18-16(12-19)10-3-4-13(16)9-11-20-15-7-5-14(17)6-8-15/h5-8,13,18-19H,2-4,9-12H2,1H3. The summed E-state index contributed by atoms with van der Waals surface area (Å²) >= 11 is 7.77. The van der Waals surface area contributed by atoms with Crippen LogP contribution in [0.5, 0.6) is 0 Å². The zero-order valence-corrected chi connectivity index (χ0v) is 13.6. The monoisotopic (exact) mass is 313 g/mol. The Hall–Kier alpha value is -0.220. The summed E-state index contributed by atoms with van der Waals surface area (Å²) in [5.41, 5.74) is -0.0324. The third-order valence-corrected chi connectivity index (χ3v) is 5.61. The van der Waals surface area contributed by atoms with Gasteiger partial charge in [-0.1, -0.05) is 24.9 Å². The lowest BCUT2D eigenvalue weighted by molar-refractivity contribution is 0.124. The van der Waals surface area contributed by atoms with Crippen molar-refractivity contribution in [2.45, 2.75) is 43.0 Å². The lowest BCUT2D eigenvalue weighted by Gasteiger charge is -2.35. The molecule has 2 atom stereocenters. The Kier molecular flexibility index (Phi) is 6.21. The van der Waals surface area contributed by atoms with E-state index in [0.717, 1.165) is 30.2 Å². The molecule has 1 aliphatic rings. The second-order valence-electron chi connectivity index (χ2n) is 5.52. The quantitative estimate of drug-likeness (QED) is 0.747. The first-order valence-corrected chi connectivity index (χ1v) is 8.81. The number of benzene rings is 1. The van der Waals surface area contributed by atoms with Gasteiger partial charge in [-0.05, 0) is 61.7 Å². The zero-order valence-electron chi connectivity index (χ0n) is 12.1. The molecule has 1 aromatic rings. The van der Waals surface area contributed by atoms with Crippen LogP contribution in [0.3, 0.4) is 0 Å². The van der Waals surface area contributed by atoms with E-state index < -0.39 is 0 Å². The van der Waals surface area contributed by atoms with Crippen molar-refractivity contribution in [1.29, 1.82) is 0 Å². The Balaban J connectivity index is 1.85. The SMILES string of the molecule is CCNC1(CO)CCCC1CCSc1ccc(Cl)cc1. The van der Waals surface area contributed by atoms with Gasteiger partial charge in [-0.15, -0.1) is 11.8 Å². The minimum atomic E-state index is -0.0324. The van der Waals surface area contributed by atoms with E-state index in [-0.39, 0.29) is 12.1 Å². The van der Waals surface area contributed by atoms with E-state index in [9.17, 15) is 5.11 Å². The fraction of sp³-hybridized carbons (Fsp3) is 0.625. The van der Waals surface area contributed by atoms with Crippen molar-refractivity contribution in [3.63, 3.8) is 0 Å². The van der Waals surface area contributed by atoms with Gasteiger partial charge in [-0.25, -0.2) is 0 Å². The van der Waals surface area contributed by atoms with Crippen LogP contribution in [-0.4, -0.2) is 29.5 Å². The van der Waals surface area contributed by atoms with Gasteiger partial charge in [0.05, 0.1) is 6.61 Å². The van der Waals surface area contributed by atoms with Crippen LogP contribution >= 0.6 is 23.4 Å². The molecule has 1 aliphatic carbocycles. The van der Waals surface area contributed by atoms with E-state index in [4.69, 9.17) is 11.6 Å². The van der Waals surface area contributed by atoms with Gasteiger partial charge >= 0.3 is 0 Å². The highest BCUT2D eigenvalue weighted by atomic mass is 35.5.